The van der Waals surface area contributed by atoms with Gasteiger partial charge < -0.3 is 10.5 Å². The average Bonchev–Trinajstić information content (AvgIpc) is 2.88. The molecule has 0 aromatic heterocycles. The predicted molar refractivity (Wildman–Crippen MR) is 75.5 cm³/mol. The van der Waals surface area contributed by atoms with Crippen LogP contribution in [0.4, 0.5) is 0 Å². The first kappa shape index (κ1) is 11.1. The van der Waals surface area contributed by atoms with Crippen molar-refractivity contribution in [2.75, 3.05) is 6.61 Å². The molecule has 19 heavy (non-hydrogen) atoms. The van der Waals surface area contributed by atoms with E-state index in [-0.39, 0.29) is 6.04 Å². The van der Waals surface area contributed by atoms with Gasteiger partial charge in [0.2, 0.25) is 0 Å². The van der Waals surface area contributed by atoms with Crippen molar-refractivity contribution in [1.29, 1.82) is 0 Å². The standard InChI is InChI=1S/C17H17NO/c18-16(15-10-12-4-1-2-6-13(12)15)14-7-3-5-11-8-9-19-17(11)14/h1-7,15-16H,8-10,18H2. The Bertz CT molecular complexity index is 635. The predicted octanol–water partition coefficient (Wildman–Crippen LogP) is 2.96. The van der Waals surface area contributed by atoms with Crippen molar-refractivity contribution in [2.45, 2.75) is 24.8 Å². The molecule has 2 atom stereocenters. The van der Waals surface area contributed by atoms with Crippen molar-refractivity contribution in [2.24, 2.45) is 5.73 Å². The summed E-state index contributed by atoms with van der Waals surface area (Å²) in [7, 11) is 0. The lowest BCUT2D eigenvalue weighted by Crippen LogP contribution is -2.29. The summed E-state index contributed by atoms with van der Waals surface area (Å²) in [5, 5.41) is 0. The van der Waals surface area contributed by atoms with Gasteiger partial charge in [0.1, 0.15) is 5.75 Å². The molecule has 1 heterocycles. The van der Waals surface area contributed by atoms with E-state index in [9.17, 15) is 0 Å². The first-order valence-corrected chi connectivity index (χ1v) is 6.92. The van der Waals surface area contributed by atoms with Crippen LogP contribution in [-0.2, 0) is 12.8 Å². The van der Waals surface area contributed by atoms with Gasteiger partial charge in [-0.3, -0.25) is 0 Å². The molecule has 0 spiro atoms. The molecule has 2 N–H and O–H groups in total. The lowest BCUT2D eigenvalue weighted by Gasteiger charge is -2.35. The molecule has 2 unspecified atom stereocenters. The molecular weight excluding hydrogens is 234 g/mol. The number of fused-ring (bicyclic) bond motifs is 2. The van der Waals surface area contributed by atoms with Crippen LogP contribution in [0.5, 0.6) is 5.75 Å². The van der Waals surface area contributed by atoms with Crippen LogP contribution in [0.3, 0.4) is 0 Å². The topological polar surface area (TPSA) is 35.2 Å². The van der Waals surface area contributed by atoms with Crippen LogP contribution < -0.4 is 10.5 Å². The summed E-state index contributed by atoms with van der Waals surface area (Å²) in [6, 6.07) is 15.0. The van der Waals surface area contributed by atoms with E-state index >= 15 is 0 Å². The molecule has 2 aromatic rings. The maximum Gasteiger partial charge on any atom is 0.127 e. The van der Waals surface area contributed by atoms with E-state index in [1.54, 1.807) is 0 Å². The smallest absolute Gasteiger partial charge is 0.127 e. The SMILES string of the molecule is NC(c1cccc2c1OCC2)C1Cc2ccccc21. The summed E-state index contributed by atoms with van der Waals surface area (Å²) < 4.78 is 5.78. The molecule has 96 valence electrons. The minimum Gasteiger partial charge on any atom is -0.493 e. The number of para-hydroxylation sites is 1. The molecule has 0 amide bonds. The van der Waals surface area contributed by atoms with Crippen LogP contribution in [0.25, 0.3) is 0 Å². The first-order chi connectivity index (χ1) is 9.34. The Kier molecular flexibility index (Phi) is 2.39. The highest BCUT2D eigenvalue weighted by Gasteiger charge is 2.33. The number of hydrogen-bond acceptors (Lipinski definition) is 2. The van der Waals surface area contributed by atoms with Gasteiger partial charge in [-0.15, -0.1) is 0 Å². The van der Waals surface area contributed by atoms with E-state index in [4.69, 9.17) is 10.5 Å². The summed E-state index contributed by atoms with van der Waals surface area (Å²) in [6.45, 7) is 0.792. The molecular formula is C17H17NO. The quantitative estimate of drug-likeness (QED) is 0.890. The zero-order chi connectivity index (χ0) is 12.8. The van der Waals surface area contributed by atoms with Gasteiger partial charge in [0.15, 0.2) is 0 Å². The monoisotopic (exact) mass is 251 g/mol. The van der Waals surface area contributed by atoms with Crippen LogP contribution >= 0.6 is 0 Å². The fourth-order valence-electron chi connectivity index (χ4n) is 3.34. The number of ether oxygens (including phenoxy) is 1. The molecule has 1 aliphatic carbocycles. The molecule has 0 bridgehead atoms. The molecule has 0 radical (unpaired) electrons. The molecule has 2 aromatic carbocycles. The molecule has 4 rings (SSSR count). The van der Waals surface area contributed by atoms with Crippen LogP contribution in [0, 0.1) is 0 Å². The highest BCUT2D eigenvalue weighted by atomic mass is 16.5. The number of hydrogen-bond donors (Lipinski definition) is 1. The summed E-state index contributed by atoms with van der Waals surface area (Å²) in [4.78, 5) is 0. The second kappa shape index (κ2) is 4.10. The maximum absolute atomic E-state index is 6.51. The van der Waals surface area contributed by atoms with Gasteiger partial charge in [0.05, 0.1) is 6.61 Å². The van der Waals surface area contributed by atoms with Crippen molar-refractivity contribution < 1.29 is 4.74 Å². The second-order valence-electron chi connectivity index (χ2n) is 5.47. The fraction of sp³-hybridized carbons (Fsp3) is 0.294. The summed E-state index contributed by atoms with van der Waals surface area (Å²) >= 11 is 0. The van der Waals surface area contributed by atoms with Gasteiger partial charge in [-0.25, -0.2) is 0 Å². The Morgan fingerprint density at radius 2 is 1.89 bits per heavy atom. The summed E-state index contributed by atoms with van der Waals surface area (Å²) in [5.41, 5.74) is 11.8. The second-order valence-corrected chi connectivity index (χ2v) is 5.47. The highest BCUT2D eigenvalue weighted by molar-refractivity contribution is 5.49. The lowest BCUT2D eigenvalue weighted by molar-refractivity contribution is 0.347. The van der Waals surface area contributed by atoms with Crippen molar-refractivity contribution in [3.05, 3.63) is 64.7 Å². The van der Waals surface area contributed by atoms with E-state index in [0.29, 0.717) is 5.92 Å². The lowest BCUT2D eigenvalue weighted by atomic mass is 9.72. The van der Waals surface area contributed by atoms with Gasteiger partial charge >= 0.3 is 0 Å². The first-order valence-electron chi connectivity index (χ1n) is 6.92. The molecule has 0 saturated carbocycles. The molecule has 1 aliphatic heterocycles. The minimum absolute atomic E-state index is 0.0444. The van der Waals surface area contributed by atoms with Gasteiger partial charge in [-0.1, -0.05) is 42.5 Å². The van der Waals surface area contributed by atoms with Crippen molar-refractivity contribution in [1.82, 2.24) is 0 Å². The fourth-order valence-corrected chi connectivity index (χ4v) is 3.34. The van der Waals surface area contributed by atoms with E-state index in [1.807, 2.05) is 0 Å². The van der Waals surface area contributed by atoms with Crippen molar-refractivity contribution >= 4 is 0 Å². The third-order valence-corrected chi connectivity index (χ3v) is 4.43. The van der Waals surface area contributed by atoms with Crippen LogP contribution in [-0.4, -0.2) is 6.61 Å². The van der Waals surface area contributed by atoms with Gasteiger partial charge in [-0.05, 0) is 23.1 Å². The van der Waals surface area contributed by atoms with Gasteiger partial charge in [0.25, 0.3) is 0 Å². The van der Waals surface area contributed by atoms with Crippen LogP contribution in [0.15, 0.2) is 42.5 Å². The van der Waals surface area contributed by atoms with Gasteiger partial charge in [-0.2, -0.15) is 0 Å². The summed E-state index contributed by atoms with van der Waals surface area (Å²) in [5.74, 6) is 1.48. The molecule has 2 heteroatoms. The minimum atomic E-state index is 0.0444. The van der Waals surface area contributed by atoms with Gasteiger partial charge in [0, 0.05) is 23.9 Å². The van der Waals surface area contributed by atoms with E-state index in [0.717, 1.165) is 25.2 Å². The average molecular weight is 251 g/mol. The normalized spacial score (nSPS) is 21.0. The van der Waals surface area contributed by atoms with Crippen LogP contribution in [0.1, 0.15) is 34.2 Å². The van der Waals surface area contributed by atoms with Crippen molar-refractivity contribution in [3.63, 3.8) is 0 Å². The highest BCUT2D eigenvalue weighted by Crippen LogP contribution is 2.45. The number of benzene rings is 2. The number of rotatable bonds is 2. The Morgan fingerprint density at radius 1 is 1.05 bits per heavy atom. The molecule has 2 aliphatic rings. The Labute approximate surface area is 113 Å². The summed E-state index contributed by atoms with van der Waals surface area (Å²) in [6.07, 6.45) is 2.10. The Hall–Kier alpha value is -1.80. The largest absolute Gasteiger partial charge is 0.493 e. The van der Waals surface area contributed by atoms with E-state index < -0.39 is 0 Å². The zero-order valence-electron chi connectivity index (χ0n) is 10.8. The third kappa shape index (κ3) is 1.60. The molecule has 0 saturated heterocycles. The van der Waals surface area contributed by atoms with Crippen molar-refractivity contribution in [3.8, 4) is 5.75 Å². The number of nitrogens with two attached hydrogens (primary N) is 1. The van der Waals surface area contributed by atoms with Crippen LogP contribution in [0.2, 0.25) is 0 Å². The van der Waals surface area contributed by atoms with E-state index in [2.05, 4.69) is 42.5 Å². The molecule has 0 fully saturated rings. The Balaban J connectivity index is 1.70. The molecule has 2 nitrogen and oxygen atoms in total. The maximum atomic E-state index is 6.51. The Morgan fingerprint density at radius 3 is 2.79 bits per heavy atom. The van der Waals surface area contributed by atoms with E-state index in [1.165, 1.54) is 22.3 Å². The zero-order valence-corrected chi connectivity index (χ0v) is 10.8. The third-order valence-electron chi connectivity index (χ3n) is 4.43.